The molecule has 1 aliphatic heterocycles. The maximum Gasteiger partial charge on any atom is 0.224 e. The molecule has 2 heterocycles. The van der Waals surface area contributed by atoms with Crippen molar-refractivity contribution in [2.75, 3.05) is 11.9 Å². The van der Waals surface area contributed by atoms with Gasteiger partial charge in [-0.15, -0.1) is 0 Å². The molecule has 2 amide bonds. The fraction of sp³-hybridized carbons (Fsp3) is 0.261. The van der Waals surface area contributed by atoms with Crippen LogP contribution in [0, 0.1) is 0 Å². The van der Waals surface area contributed by atoms with Crippen LogP contribution < -0.4 is 15.4 Å². The van der Waals surface area contributed by atoms with Gasteiger partial charge in [-0.05, 0) is 60.9 Å². The molecule has 31 heavy (non-hydrogen) atoms. The van der Waals surface area contributed by atoms with Crippen molar-refractivity contribution >= 4 is 29.1 Å². The lowest BCUT2D eigenvalue weighted by atomic mass is 10.0. The number of nitrogens with zero attached hydrogens (tertiary/aromatic N) is 2. The van der Waals surface area contributed by atoms with Crippen molar-refractivity contribution in [1.82, 2.24) is 15.1 Å². The number of nitrogens with one attached hydrogen (secondary N) is 2. The van der Waals surface area contributed by atoms with Crippen LogP contribution in [0.15, 0.2) is 54.9 Å². The molecular weight excluding hydrogens is 416 g/mol. The first-order valence-electron chi connectivity index (χ1n) is 10.2. The Morgan fingerprint density at radius 1 is 1.19 bits per heavy atom. The van der Waals surface area contributed by atoms with Crippen LogP contribution in [0.5, 0.6) is 5.75 Å². The minimum absolute atomic E-state index is 0.0315. The second kappa shape index (κ2) is 9.66. The highest BCUT2D eigenvalue weighted by molar-refractivity contribution is 6.30. The van der Waals surface area contributed by atoms with E-state index in [2.05, 4.69) is 15.7 Å². The summed E-state index contributed by atoms with van der Waals surface area (Å²) < 4.78 is 7.50. The quantitative estimate of drug-likeness (QED) is 0.522. The summed E-state index contributed by atoms with van der Waals surface area (Å²) in [5.74, 6) is 0.769. The second-order valence-electron chi connectivity index (χ2n) is 7.37. The molecule has 0 saturated heterocycles. The molecule has 0 fully saturated rings. The molecule has 1 aliphatic rings. The molecule has 160 valence electrons. The Balaban J connectivity index is 1.17. The number of halogens is 1. The van der Waals surface area contributed by atoms with E-state index < -0.39 is 0 Å². The van der Waals surface area contributed by atoms with Crippen molar-refractivity contribution in [3.63, 3.8) is 0 Å². The zero-order valence-electron chi connectivity index (χ0n) is 16.9. The number of fused-ring (bicyclic) bond motifs is 1. The Morgan fingerprint density at radius 2 is 2.03 bits per heavy atom. The smallest absolute Gasteiger partial charge is 0.224 e. The molecular formula is C23H23ClN4O3. The predicted octanol–water partition coefficient (Wildman–Crippen LogP) is 3.89. The van der Waals surface area contributed by atoms with Crippen LogP contribution in [0.3, 0.4) is 0 Å². The van der Waals surface area contributed by atoms with Crippen molar-refractivity contribution in [3.8, 4) is 11.4 Å². The third kappa shape index (κ3) is 5.64. The zero-order chi connectivity index (χ0) is 21.6. The highest BCUT2D eigenvalue weighted by Crippen LogP contribution is 2.26. The number of hydrogen-bond donors (Lipinski definition) is 2. The molecule has 1 aromatic heterocycles. The van der Waals surface area contributed by atoms with Crippen molar-refractivity contribution in [2.24, 2.45) is 0 Å². The summed E-state index contributed by atoms with van der Waals surface area (Å²) in [6.45, 7) is 0.872. The largest absolute Gasteiger partial charge is 0.494 e. The fourth-order valence-corrected chi connectivity index (χ4v) is 3.47. The molecule has 0 unspecified atom stereocenters. The van der Waals surface area contributed by atoms with Crippen LogP contribution in [0.4, 0.5) is 5.69 Å². The second-order valence-corrected chi connectivity index (χ2v) is 7.80. The van der Waals surface area contributed by atoms with Gasteiger partial charge in [0.1, 0.15) is 5.75 Å². The summed E-state index contributed by atoms with van der Waals surface area (Å²) in [4.78, 5) is 23.5. The number of carbonyl (C=O) groups is 2. The number of carbonyl (C=O) groups excluding carboxylic acids is 2. The van der Waals surface area contributed by atoms with Gasteiger partial charge in [0.15, 0.2) is 0 Å². The lowest BCUT2D eigenvalue weighted by Crippen LogP contribution is -2.22. The third-order valence-electron chi connectivity index (χ3n) is 5.01. The highest BCUT2D eigenvalue weighted by atomic mass is 35.5. The number of hydrogen-bond acceptors (Lipinski definition) is 4. The van der Waals surface area contributed by atoms with Gasteiger partial charge in [-0.25, -0.2) is 4.68 Å². The van der Waals surface area contributed by atoms with Crippen molar-refractivity contribution < 1.29 is 14.3 Å². The average Bonchev–Trinajstić information content (AvgIpc) is 3.25. The molecule has 0 aliphatic carbocycles. The first-order chi connectivity index (χ1) is 15.1. The Bertz CT molecular complexity index is 1080. The minimum Gasteiger partial charge on any atom is -0.494 e. The van der Waals surface area contributed by atoms with Crippen LogP contribution in [-0.2, 0) is 22.6 Å². The van der Waals surface area contributed by atoms with Crippen LogP contribution in [0.1, 0.15) is 30.4 Å². The summed E-state index contributed by atoms with van der Waals surface area (Å²) in [7, 11) is 0. The van der Waals surface area contributed by atoms with Gasteiger partial charge in [0, 0.05) is 41.9 Å². The Labute approximate surface area is 185 Å². The first-order valence-corrected chi connectivity index (χ1v) is 10.6. The normalized spacial score (nSPS) is 12.7. The van der Waals surface area contributed by atoms with E-state index in [4.69, 9.17) is 16.3 Å². The standard InChI is InChI=1S/C23H23ClN4O3/c24-18-4-6-19(7-5-18)28-15-16(14-26-28)13-25-22(29)2-1-11-31-20-8-9-21-17(12-20)3-10-23(30)27-21/h4-9,12,14-15H,1-3,10-11,13H2,(H,25,29)(H,27,30). The lowest BCUT2D eigenvalue weighted by Gasteiger charge is -2.17. The van der Waals surface area contributed by atoms with Gasteiger partial charge < -0.3 is 15.4 Å². The summed E-state index contributed by atoms with van der Waals surface area (Å²) in [5, 5.41) is 10.7. The number of aromatic nitrogens is 2. The first kappa shape index (κ1) is 20.9. The molecule has 0 saturated carbocycles. The van der Waals surface area contributed by atoms with E-state index in [1.807, 2.05) is 48.7 Å². The fourth-order valence-electron chi connectivity index (χ4n) is 3.35. The van der Waals surface area contributed by atoms with Crippen LogP contribution >= 0.6 is 11.6 Å². The summed E-state index contributed by atoms with van der Waals surface area (Å²) in [6.07, 6.45) is 5.82. The monoisotopic (exact) mass is 438 g/mol. The van der Waals surface area contributed by atoms with Gasteiger partial charge in [0.2, 0.25) is 11.8 Å². The number of rotatable bonds is 8. The van der Waals surface area contributed by atoms with E-state index in [1.165, 1.54) is 0 Å². The minimum atomic E-state index is -0.0315. The van der Waals surface area contributed by atoms with E-state index in [0.29, 0.717) is 37.4 Å². The van der Waals surface area contributed by atoms with Gasteiger partial charge in [0.25, 0.3) is 0 Å². The Hall–Kier alpha value is -3.32. The Morgan fingerprint density at radius 3 is 2.87 bits per heavy atom. The van der Waals surface area contributed by atoms with Gasteiger partial charge in [0.05, 0.1) is 18.5 Å². The molecule has 0 spiro atoms. The van der Waals surface area contributed by atoms with E-state index in [9.17, 15) is 9.59 Å². The summed E-state index contributed by atoms with van der Waals surface area (Å²) in [6, 6.07) is 13.0. The van der Waals surface area contributed by atoms with E-state index in [0.717, 1.165) is 34.7 Å². The summed E-state index contributed by atoms with van der Waals surface area (Å²) in [5.41, 5.74) is 3.75. The summed E-state index contributed by atoms with van der Waals surface area (Å²) >= 11 is 5.91. The van der Waals surface area contributed by atoms with Gasteiger partial charge in [-0.1, -0.05) is 11.6 Å². The SMILES string of the molecule is O=C(CCCOc1ccc2c(c1)CCC(=O)N2)NCc1cnn(-c2ccc(Cl)cc2)c1. The molecule has 0 atom stereocenters. The molecule has 0 bridgehead atoms. The van der Waals surface area contributed by atoms with Crippen LogP contribution in [0.2, 0.25) is 5.02 Å². The van der Waals surface area contributed by atoms with E-state index in [-0.39, 0.29) is 11.8 Å². The molecule has 2 N–H and O–H groups in total. The molecule has 2 aromatic carbocycles. The number of amides is 2. The van der Waals surface area contributed by atoms with E-state index >= 15 is 0 Å². The number of ether oxygens (including phenoxy) is 1. The van der Waals surface area contributed by atoms with Gasteiger partial charge in [-0.2, -0.15) is 5.10 Å². The predicted molar refractivity (Wildman–Crippen MR) is 119 cm³/mol. The Kier molecular flexibility index (Phi) is 6.52. The zero-order valence-corrected chi connectivity index (χ0v) is 17.7. The average molecular weight is 439 g/mol. The number of benzene rings is 2. The van der Waals surface area contributed by atoms with Crippen molar-refractivity contribution in [3.05, 3.63) is 71.0 Å². The van der Waals surface area contributed by atoms with Crippen LogP contribution in [-0.4, -0.2) is 28.2 Å². The topological polar surface area (TPSA) is 85.2 Å². The van der Waals surface area contributed by atoms with Gasteiger partial charge in [-0.3, -0.25) is 9.59 Å². The molecule has 7 nitrogen and oxygen atoms in total. The maximum atomic E-state index is 12.1. The molecule has 4 rings (SSSR count). The molecule has 8 heteroatoms. The van der Waals surface area contributed by atoms with Crippen molar-refractivity contribution in [1.29, 1.82) is 0 Å². The third-order valence-corrected chi connectivity index (χ3v) is 5.26. The molecule has 3 aromatic rings. The molecule has 0 radical (unpaired) electrons. The van der Waals surface area contributed by atoms with Gasteiger partial charge >= 0.3 is 0 Å². The number of anilines is 1. The maximum absolute atomic E-state index is 12.1. The van der Waals surface area contributed by atoms with Crippen molar-refractivity contribution in [2.45, 2.75) is 32.2 Å². The highest BCUT2D eigenvalue weighted by Gasteiger charge is 2.15. The number of aryl methyl sites for hydroxylation is 1. The van der Waals surface area contributed by atoms with E-state index in [1.54, 1.807) is 10.9 Å². The van der Waals surface area contributed by atoms with Crippen LogP contribution in [0.25, 0.3) is 5.69 Å². The lowest BCUT2D eigenvalue weighted by molar-refractivity contribution is -0.121.